The number of nitrogens with one attached hydrogen (secondary N) is 1. The Hall–Kier alpha value is -3.95. The average Bonchev–Trinajstić information content (AvgIpc) is 3.29. The van der Waals surface area contributed by atoms with Crippen molar-refractivity contribution in [3.63, 3.8) is 0 Å². The zero-order chi connectivity index (χ0) is 24.4. The first-order chi connectivity index (χ1) is 16.9. The summed E-state index contributed by atoms with van der Waals surface area (Å²) in [6.45, 7) is 1.57. The Balaban J connectivity index is 1.56. The third-order valence-corrected chi connectivity index (χ3v) is 7.13. The van der Waals surface area contributed by atoms with Crippen LogP contribution < -0.4 is 9.47 Å². The number of aromatic amines is 1. The highest BCUT2D eigenvalue weighted by Crippen LogP contribution is 2.40. The number of benzene rings is 1. The van der Waals surface area contributed by atoms with E-state index in [0.717, 1.165) is 22.3 Å². The van der Waals surface area contributed by atoms with Gasteiger partial charge >= 0.3 is 0 Å². The van der Waals surface area contributed by atoms with Crippen molar-refractivity contribution in [2.45, 2.75) is 11.9 Å². The number of sulfone groups is 1. The lowest BCUT2D eigenvalue weighted by atomic mass is 10.2. The number of hydrogen-bond donors (Lipinski definition) is 1. The SMILES string of the molecule is CCS(=O)(=O)c1ccc(Oc2cc3cc(-c4ccccn4)[nH]c3cc2Oc2cccnc2Cl)cn1. The van der Waals surface area contributed by atoms with E-state index >= 15 is 0 Å². The molecule has 1 N–H and O–H groups in total. The Morgan fingerprint density at radius 2 is 1.71 bits per heavy atom. The molecule has 10 heteroatoms. The van der Waals surface area contributed by atoms with Crippen LogP contribution in [0.15, 0.2) is 84.3 Å². The molecule has 35 heavy (non-hydrogen) atoms. The van der Waals surface area contributed by atoms with Crippen molar-refractivity contribution in [2.75, 3.05) is 5.75 Å². The third-order valence-electron chi connectivity index (χ3n) is 5.21. The second-order valence-corrected chi connectivity index (χ2v) is 10.1. The summed E-state index contributed by atoms with van der Waals surface area (Å²) in [7, 11) is -3.42. The van der Waals surface area contributed by atoms with Crippen LogP contribution in [0.4, 0.5) is 0 Å². The highest BCUT2D eigenvalue weighted by Gasteiger charge is 2.17. The Bertz CT molecular complexity index is 1600. The van der Waals surface area contributed by atoms with Gasteiger partial charge in [-0.15, -0.1) is 0 Å². The van der Waals surface area contributed by atoms with Gasteiger partial charge in [-0.3, -0.25) is 4.98 Å². The van der Waals surface area contributed by atoms with E-state index in [1.807, 2.05) is 30.3 Å². The molecule has 0 atom stereocenters. The fourth-order valence-corrected chi connectivity index (χ4v) is 4.35. The van der Waals surface area contributed by atoms with E-state index < -0.39 is 9.84 Å². The predicted molar refractivity (Wildman–Crippen MR) is 133 cm³/mol. The van der Waals surface area contributed by atoms with Gasteiger partial charge in [0.15, 0.2) is 37.3 Å². The van der Waals surface area contributed by atoms with Crippen molar-refractivity contribution in [2.24, 2.45) is 0 Å². The highest BCUT2D eigenvalue weighted by atomic mass is 35.5. The number of rotatable bonds is 7. The van der Waals surface area contributed by atoms with Crippen LogP contribution >= 0.6 is 11.6 Å². The topological polar surface area (TPSA) is 107 Å². The maximum absolute atomic E-state index is 12.1. The largest absolute Gasteiger partial charge is 0.452 e. The molecule has 8 nitrogen and oxygen atoms in total. The summed E-state index contributed by atoms with van der Waals surface area (Å²) in [6, 6.07) is 17.6. The molecule has 0 amide bonds. The zero-order valence-corrected chi connectivity index (χ0v) is 20.0. The molecule has 1 aromatic carbocycles. The summed E-state index contributed by atoms with van der Waals surface area (Å²) in [5.74, 6) is 1.44. The van der Waals surface area contributed by atoms with Crippen molar-refractivity contribution >= 4 is 32.3 Å². The molecule has 0 unspecified atom stereocenters. The Morgan fingerprint density at radius 3 is 2.43 bits per heavy atom. The van der Waals surface area contributed by atoms with Crippen LogP contribution in [0.1, 0.15) is 6.92 Å². The molecule has 0 saturated carbocycles. The smallest absolute Gasteiger partial charge is 0.195 e. The summed E-state index contributed by atoms with van der Waals surface area (Å²) in [5, 5.41) is 1.06. The van der Waals surface area contributed by atoms with Crippen LogP contribution in [0.2, 0.25) is 5.15 Å². The first-order valence-electron chi connectivity index (χ1n) is 10.7. The van der Waals surface area contributed by atoms with Crippen LogP contribution in [0.3, 0.4) is 0 Å². The van der Waals surface area contributed by atoms with Gasteiger partial charge < -0.3 is 14.5 Å². The fraction of sp³-hybridized carbons (Fsp3) is 0.0800. The molecule has 0 fully saturated rings. The molecule has 176 valence electrons. The summed E-state index contributed by atoms with van der Waals surface area (Å²) in [4.78, 5) is 15.8. The fourth-order valence-electron chi connectivity index (χ4n) is 3.41. The van der Waals surface area contributed by atoms with Gasteiger partial charge in [-0.25, -0.2) is 18.4 Å². The zero-order valence-electron chi connectivity index (χ0n) is 18.5. The molecule has 0 saturated heterocycles. The lowest BCUT2D eigenvalue weighted by molar-refractivity contribution is 0.417. The van der Waals surface area contributed by atoms with Crippen molar-refractivity contribution < 1.29 is 17.9 Å². The van der Waals surface area contributed by atoms with Gasteiger partial charge in [0.25, 0.3) is 0 Å². The van der Waals surface area contributed by atoms with E-state index in [1.54, 1.807) is 43.6 Å². The van der Waals surface area contributed by atoms with Crippen molar-refractivity contribution in [3.8, 4) is 34.4 Å². The van der Waals surface area contributed by atoms with Crippen LogP contribution in [0, 0.1) is 0 Å². The average molecular weight is 507 g/mol. The number of hydrogen-bond acceptors (Lipinski definition) is 7. The van der Waals surface area contributed by atoms with Crippen molar-refractivity contribution in [1.82, 2.24) is 19.9 Å². The molecule has 0 aliphatic rings. The summed E-state index contributed by atoms with van der Waals surface area (Å²) in [6.07, 6.45) is 4.66. The number of nitrogens with zero attached hydrogens (tertiary/aromatic N) is 3. The number of fused-ring (bicyclic) bond motifs is 1. The minimum atomic E-state index is -3.42. The standard InChI is InChI=1S/C25H19ClN4O4S/c1-2-35(31,32)24-9-8-17(15-29-24)33-22-13-16-12-20(18-6-3-4-10-27-18)30-19(16)14-23(22)34-21-7-5-11-28-25(21)26/h3-15,30H,2H2,1H3. The van der Waals surface area contributed by atoms with Gasteiger partial charge in [0.1, 0.15) is 5.75 Å². The molecule has 4 heterocycles. The van der Waals surface area contributed by atoms with Crippen molar-refractivity contribution in [1.29, 1.82) is 0 Å². The monoisotopic (exact) mass is 506 g/mol. The lowest BCUT2D eigenvalue weighted by Gasteiger charge is -2.13. The number of ether oxygens (including phenoxy) is 2. The van der Waals surface area contributed by atoms with E-state index in [1.165, 1.54) is 12.3 Å². The Morgan fingerprint density at radius 1 is 0.886 bits per heavy atom. The number of aromatic nitrogens is 4. The van der Waals surface area contributed by atoms with Gasteiger partial charge in [-0.1, -0.05) is 24.6 Å². The predicted octanol–water partition coefficient (Wildman–Crippen LogP) is 6.05. The molecule has 0 bridgehead atoms. The third kappa shape index (κ3) is 4.82. The van der Waals surface area contributed by atoms with Crippen LogP contribution in [0.5, 0.6) is 23.0 Å². The molecule has 4 aromatic heterocycles. The van der Waals surface area contributed by atoms with E-state index in [2.05, 4.69) is 19.9 Å². The minimum absolute atomic E-state index is 0.00736. The summed E-state index contributed by atoms with van der Waals surface area (Å²) < 4.78 is 36.3. The lowest BCUT2D eigenvalue weighted by Crippen LogP contribution is -2.05. The number of pyridine rings is 3. The quantitative estimate of drug-likeness (QED) is 0.268. The van der Waals surface area contributed by atoms with Crippen LogP contribution in [0.25, 0.3) is 22.3 Å². The molecule has 0 spiro atoms. The Kier molecular flexibility index (Phi) is 6.10. The van der Waals surface area contributed by atoms with Gasteiger partial charge in [0, 0.05) is 29.4 Å². The molecule has 0 radical (unpaired) electrons. The summed E-state index contributed by atoms with van der Waals surface area (Å²) >= 11 is 6.20. The maximum Gasteiger partial charge on any atom is 0.195 e. The van der Waals surface area contributed by atoms with Crippen molar-refractivity contribution in [3.05, 3.63) is 84.4 Å². The second-order valence-electron chi connectivity index (χ2n) is 7.52. The Labute approximate surface area is 206 Å². The number of H-pyrrole nitrogens is 1. The molecular formula is C25H19ClN4O4S. The molecule has 5 aromatic rings. The van der Waals surface area contributed by atoms with E-state index in [-0.39, 0.29) is 15.9 Å². The molecular weight excluding hydrogens is 488 g/mol. The van der Waals surface area contributed by atoms with Gasteiger partial charge in [0.05, 0.1) is 23.3 Å². The first-order valence-corrected chi connectivity index (χ1v) is 12.7. The first kappa shape index (κ1) is 22.8. The highest BCUT2D eigenvalue weighted by molar-refractivity contribution is 7.91. The number of halogens is 1. The van der Waals surface area contributed by atoms with Crippen LogP contribution in [-0.2, 0) is 9.84 Å². The molecule has 0 aliphatic heterocycles. The van der Waals surface area contributed by atoms with Gasteiger partial charge in [-0.2, -0.15) is 0 Å². The van der Waals surface area contributed by atoms with Crippen LogP contribution in [-0.4, -0.2) is 34.1 Å². The second kappa shape index (κ2) is 9.36. The van der Waals surface area contributed by atoms with E-state index in [0.29, 0.717) is 23.0 Å². The molecule has 5 rings (SSSR count). The van der Waals surface area contributed by atoms with Gasteiger partial charge in [-0.05, 0) is 48.5 Å². The van der Waals surface area contributed by atoms with E-state index in [9.17, 15) is 8.42 Å². The molecule has 0 aliphatic carbocycles. The van der Waals surface area contributed by atoms with E-state index in [4.69, 9.17) is 21.1 Å². The normalized spacial score (nSPS) is 11.5. The maximum atomic E-state index is 12.1. The summed E-state index contributed by atoms with van der Waals surface area (Å²) in [5.41, 5.74) is 2.43. The van der Waals surface area contributed by atoms with Gasteiger partial charge in [0.2, 0.25) is 0 Å². The minimum Gasteiger partial charge on any atom is -0.452 e.